The molecule has 4 nitrogen and oxygen atoms in total. The predicted octanol–water partition coefficient (Wildman–Crippen LogP) is 4.77. The number of hydrogen-bond acceptors (Lipinski definition) is 3. The number of ether oxygens (including phenoxy) is 1. The van der Waals surface area contributed by atoms with Crippen molar-refractivity contribution in [2.75, 3.05) is 0 Å². The summed E-state index contributed by atoms with van der Waals surface area (Å²) in [5.41, 5.74) is 4.13. The van der Waals surface area contributed by atoms with Crippen molar-refractivity contribution in [3.63, 3.8) is 0 Å². The van der Waals surface area contributed by atoms with Gasteiger partial charge in [-0.15, -0.1) is 0 Å². The van der Waals surface area contributed by atoms with Gasteiger partial charge >= 0.3 is 6.16 Å². The molecule has 1 aliphatic rings. The number of rotatable bonds is 3. The molecule has 0 aliphatic heterocycles. The third-order valence-corrected chi connectivity index (χ3v) is 4.39. The fraction of sp³-hybridized carbons (Fsp3) is 0.333. The summed E-state index contributed by atoms with van der Waals surface area (Å²) in [4.78, 5) is 14.7. The monoisotopic (exact) mass is 297 g/mol. The van der Waals surface area contributed by atoms with Crippen LogP contribution >= 0.6 is 0 Å². The van der Waals surface area contributed by atoms with E-state index in [0.717, 1.165) is 16.7 Å². The van der Waals surface area contributed by atoms with Gasteiger partial charge in [0, 0.05) is 11.8 Å². The molecule has 3 rings (SSSR count). The van der Waals surface area contributed by atoms with Crippen LogP contribution in [0.2, 0.25) is 0 Å². The molecule has 0 atom stereocenters. The first-order valence-electron chi connectivity index (χ1n) is 7.62. The van der Waals surface area contributed by atoms with E-state index in [1.165, 1.54) is 31.2 Å². The summed E-state index contributed by atoms with van der Waals surface area (Å²) in [5, 5.41) is 8.75. The molecule has 1 aromatic carbocycles. The van der Waals surface area contributed by atoms with Crippen LogP contribution in [0.1, 0.15) is 42.7 Å². The van der Waals surface area contributed by atoms with E-state index in [0.29, 0.717) is 5.92 Å². The minimum absolute atomic E-state index is 0.143. The van der Waals surface area contributed by atoms with Gasteiger partial charge in [0.1, 0.15) is 0 Å². The van der Waals surface area contributed by atoms with Crippen LogP contribution in [0.5, 0.6) is 5.88 Å². The van der Waals surface area contributed by atoms with Crippen LogP contribution < -0.4 is 4.74 Å². The Morgan fingerprint density at radius 1 is 1.18 bits per heavy atom. The molecule has 0 amide bonds. The fourth-order valence-corrected chi connectivity index (χ4v) is 3.21. The molecule has 1 N–H and O–H groups in total. The Morgan fingerprint density at radius 2 is 1.86 bits per heavy atom. The van der Waals surface area contributed by atoms with Gasteiger partial charge < -0.3 is 9.84 Å². The number of pyridine rings is 1. The summed E-state index contributed by atoms with van der Waals surface area (Å²) >= 11 is 0. The van der Waals surface area contributed by atoms with Crippen LogP contribution in [0.15, 0.2) is 36.5 Å². The zero-order valence-electron chi connectivity index (χ0n) is 12.6. The van der Waals surface area contributed by atoms with E-state index in [2.05, 4.69) is 29.2 Å². The second-order valence-corrected chi connectivity index (χ2v) is 5.76. The molecule has 0 radical (unpaired) electrons. The highest BCUT2D eigenvalue weighted by atomic mass is 16.7. The van der Waals surface area contributed by atoms with Crippen LogP contribution in [0.25, 0.3) is 11.1 Å². The number of hydrogen-bond donors (Lipinski definition) is 1. The van der Waals surface area contributed by atoms with Crippen molar-refractivity contribution in [1.29, 1.82) is 0 Å². The minimum Gasteiger partial charge on any atom is -0.449 e. The van der Waals surface area contributed by atoms with Gasteiger partial charge in [0.2, 0.25) is 5.88 Å². The van der Waals surface area contributed by atoms with Gasteiger partial charge in [-0.25, -0.2) is 9.78 Å². The van der Waals surface area contributed by atoms with Gasteiger partial charge in [0.05, 0.1) is 0 Å². The lowest BCUT2D eigenvalue weighted by Crippen LogP contribution is -2.06. The largest absolute Gasteiger partial charge is 0.512 e. The highest BCUT2D eigenvalue weighted by molar-refractivity contribution is 5.70. The highest BCUT2D eigenvalue weighted by Gasteiger charge is 2.17. The van der Waals surface area contributed by atoms with E-state index in [1.54, 1.807) is 6.20 Å². The van der Waals surface area contributed by atoms with E-state index in [1.807, 2.05) is 13.0 Å². The molecule has 1 saturated carbocycles. The molecule has 0 bridgehead atoms. The van der Waals surface area contributed by atoms with Gasteiger partial charge in [-0.2, -0.15) is 0 Å². The third-order valence-electron chi connectivity index (χ3n) is 4.39. The highest BCUT2D eigenvalue weighted by Crippen LogP contribution is 2.35. The number of carboxylic acid groups (broad SMARTS) is 1. The lowest BCUT2D eigenvalue weighted by molar-refractivity contribution is 0.142. The Morgan fingerprint density at radius 3 is 2.50 bits per heavy atom. The first kappa shape index (κ1) is 14.6. The van der Waals surface area contributed by atoms with Crippen molar-refractivity contribution in [3.05, 3.63) is 47.7 Å². The van der Waals surface area contributed by atoms with E-state index < -0.39 is 6.16 Å². The van der Waals surface area contributed by atoms with Crippen LogP contribution in [-0.2, 0) is 0 Å². The van der Waals surface area contributed by atoms with E-state index in [-0.39, 0.29) is 5.88 Å². The average Bonchev–Trinajstić information content (AvgIpc) is 3.04. The normalized spacial score (nSPS) is 15.0. The molecule has 114 valence electrons. The molecule has 0 saturated heterocycles. The molecule has 1 aromatic heterocycles. The third kappa shape index (κ3) is 2.96. The Bertz CT molecular complexity index is 673. The summed E-state index contributed by atoms with van der Waals surface area (Å²) in [5.74, 6) is 0.836. The van der Waals surface area contributed by atoms with Crippen molar-refractivity contribution >= 4 is 6.16 Å². The predicted molar refractivity (Wildman–Crippen MR) is 84.3 cm³/mol. The maximum atomic E-state index is 10.7. The van der Waals surface area contributed by atoms with Crippen molar-refractivity contribution in [2.45, 2.75) is 38.5 Å². The maximum Gasteiger partial charge on any atom is 0.512 e. The number of carbonyl (C=O) groups is 1. The topological polar surface area (TPSA) is 59.4 Å². The second-order valence-electron chi connectivity index (χ2n) is 5.76. The summed E-state index contributed by atoms with van der Waals surface area (Å²) in [6, 6.07) is 10.4. The molecule has 0 unspecified atom stereocenters. The van der Waals surface area contributed by atoms with Crippen LogP contribution in [0, 0.1) is 6.92 Å². The zero-order valence-corrected chi connectivity index (χ0v) is 12.6. The van der Waals surface area contributed by atoms with Gasteiger partial charge in [-0.05, 0) is 48.4 Å². The Labute approximate surface area is 129 Å². The van der Waals surface area contributed by atoms with Crippen LogP contribution in [0.3, 0.4) is 0 Å². The van der Waals surface area contributed by atoms with E-state index in [4.69, 9.17) is 9.84 Å². The van der Waals surface area contributed by atoms with E-state index in [9.17, 15) is 4.79 Å². The molecule has 0 spiro atoms. The SMILES string of the molecule is Cc1c(-c2ccc(C3CCCC3)cc2)ccnc1OC(=O)O. The van der Waals surface area contributed by atoms with Crippen molar-refractivity contribution in [1.82, 2.24) is 4.98 Å². The molecular weight excluding hydrogens is 278 g/mol. The first-order chi connectivity index (χ1) is 10.6. The quantitative estimate of drug-likeness (QED) is 0.829. The molecule has 2 aromatic rings. The van der Waals surface area contributed by atoms with Crippen molar-refractivity contribution in [3.8, 4) is 17.0 Å². The smallest absolute Gasteiger partial charge is 0.449 e. The second kappa shape index (κ2) is 6.18. The zero-order chi connectivity index (χ0) is 15.5. The van der Waals surface area contributed by atoms with Crippen LogP contribution in [0.4, 0.5) is 4.79 Å². The molecular formula is C18H19NO3. The lowest BCUT2D eigenvalue weighted by atomic mass is 9.94. The van der Waals surface area contributed by atoms with Gasteiger partial charge in [0.15, 0.2) is 0 Å². The minimum atomic E-state index is -1.34. The van der Waals surface area contributed by atoms with E-state index >= 15 is 0 Å². The van der Waals surface area contributed by atoms with Gasteiger partial charge in [-0.1, -0.05) is 37.1 Å². The van der Waals surface area contributed by atoms with Gasteiger partial charge in [-0.3, -0.25) is 0 Å². The lowest BCUT2D eigenvalue weighted by Gasteiger charge is -2.12. The number of aromatic nitrogens is 1. The van der Waals surface area contributed by atoms with Crippen LogP contribution in [-0.4, -0.2) is 16.2 Å². The van der Waals surface area contributed by atoms with Crippen molar-refractivity contribution < 1.29 is 14.6 Å². The molecule has 4 heteroatoms. The summed E-state index contributed by atoms with van der Waals surface area (Å²) in [6.45, 7) is 1.82. The number of benzene rings is 1. The molecule has 1 heterocycles. The summed E-state index contributed by atoms with van der Waals surface area (Å²) < 4.78 is 4.72. The summed E-state index contributed by atoms with van der Waals surface area (Å²) in [6.07, 6.45) is 5.45. The Kier molecular flexibility index (Phi) is 4.09. The molecule has 1 fully saturated rings. The number of nitrogens with zero attached hydrogens (tertiary/aromatic N) is 1. The maximum absolute atomic E-state index is 10.7. The Hall–Kier alpha value is -2.36. The standard InChI is InChI=1S/C18H19NO3/c1-12-16(10-11-19-17(12)22-18(20)21)15-8-6-14(7-9-15)13-4-2-3-5-13/h6-11,13H,2-5H2,1H3,(H,20,21). The molecule has 1 aliphatic carbocycles. The van der Waals surface area contributed by atoms with Gasteiger partial charge in [0.25, 0.3) is 0 Å². The molecule has 22 heavy (non-hydrogen) atoms. The first-order valence-corrected chi connectivity index (χ1v) is 7.62. The Balaban J connectivity index is 1.89. The summed E-state index contributed by atoms with van der Waals surface area (Å²) in [7, 11) is 0. The average molecular weight is 297 g/mol. The van der Waals surface area contributed by atoms with Crippen molar-refractivity contribution in [2.24, 2.45) is 0 Å². The fourth-order valence-electron chi connectivity index (χ4n) is 3.21.